The minimum atomic E-state index is -0.930. The molecule has 27 heavy (non-hydrogen) atoms. The third-order valence-electron chi connectivity index (χ3n) is 3.25. The molecule has 142 valence electrons. The average Bonchev–Trinajstić information content (AvgIpc) is 3.05. The summed E-state index contributed by atoms with van der Waals surface area (Å²) in [6.07, 6.45) is 1.68. The molecule has 11 heteroatoms. The van der Waals surface area contributed by atoms with Gasteiger partial charge in [0.25, 0.3) is 11.8 Å². The number of carbonyl (C=O) groups is 3. The largest absolute Gasteiger partial charge is 0.481 e. The van der Waals surface area contributed by atoms with Crippen molar-refractivity contribution in [3.05, 3.63) is 47.8 Å². The summed E-state index contributed by atoms with van der Waals surface area (Å²) >= 11 is 0. The highest BCUT2D eigenvalue weighted by Crippen LogP contribution is 2.13. The number of carbonyl (C=O) groups excluding carboxylic acids is 2. The van der Waals surface area contributed by atoms with Crippen LogP contribution >= 0.6 is 0 Å². The molecule has 1 heterocycles. The fraction of sp³-hybridized carbons (Fsp3) is 0.188. The van der Waals surface area contributed by atoms with Gasteiger partial charge < -0.3 is 21.9 Å². The van der Waals surface area contributed by atoms with Gasteiger partial charge in [0.05, 0.1) is 24.3 Å². The third kappa shape index (κ3) is 6.49. The zero-order chi connectivity index (χ0) is 19.8. The number of rotatable bonds is 8. The maximum atomic E-state index is 12.1. The van der Waals surface area contributed by atoms with Crippen molar-refractivity contribution in [2.45, 2.75) is 12.8 Å². The van der Waals surface area contributed by atoms with Crippen LogP contribution in [0, 0.1) is 0 Å². The molecule has 1 aromatic heterocycles. The fourth-order valence-electron chi connectivity index (χ4n) is 2.09. The smallest absolute Gasteiger partial charge is 0.303 e. The summed E-state index contributed by atoms with van der Waals surface area (Å²) in [5.74, 6) is -2.04. The number of aryl methyl sites for hydroxylation is 1. The van der Waals surface area contributed by atoms with Gasteiger partial charge in [-0.1, -0.05) is 6.07 Å². The number of aromatic nitrogens is 2. The van der Waals surface area contributed by atoms with Crippen LogP contribution in [0.1, 0.15) is 22.5 Å². The summed E-state index contributed by atoms with van der Waals surface area (Å²) < 4.78 is 0. The van der Waals surface area contributed by atoms with Crippen molar-refractivity contribution < 1.29 is 19.5 Å². The number of benzene rings is 1. The zero-order valence-corrected chi connectivity index (χ0v) is 14.3. The van der Waals surface area contributed by atoms with Gasteiger partial charge in [-0.2, -0.15) is 9.89 Å². The quantitative estimate of drug-likeness (QED) is 0.300. The van der Waals surface area contributed by atoms with Crippen LogP contribution in [-0.2, 0) is 16.0 Å². The van der Waals surface area contributed by atoms with Crippen LogP contribution in [0.5, 0.6) is 0 Å². The predicted octanol–water partition coefficient (Wildman–Crippen LogP) is -0.695. The molecule has 2 aromatic rings. The second-order valence-corrected chi connectivity index (χ2v) is 5.45. The lowest BCUT2D eigenvalue weighted by Gasteiger charge is -2.07. The molecule has 1 aromatic carbocycles. The maximum Gasteiger partial charge on any atom is 0.303 e. The SMILES string of the molecule is NC(N)=Nc1cccc(C(=O)NCC(=O)Nn2ccc(CCC(=O)O)n2)c1. The fourth-order valence-corrected chi connectivity index (χ4v) is 2.09. The molecule has 0 saturated heterocycles. The van der Waals surface area contributed by atoms with E-state index in [0.29, 0.717) is 16.9 Å². The Hall–Kier alpha value is -3.89. The molecular formula is C16H19N7O4. The molecule has 7 N–H and O–H groups in total. The molecule has 11 nitrogen and oxygen atoms in total. The number of aliphatic carboxylic acids is 1. The van der Waals surface area contributed by atoms with E-state index in [9.17, 15) is 14.4 Å². The number of hydrogen-bond donors (Lipinski definition) is 5. The van der Waals surface area contributed by atoms with Crippen molar-refractivity contribution in [3.63, 3.8) is 0 Å². The number of carboxylic acid groups (broad SMARTS) is 1. The van der Waals surface area contributed by atoms with E-state index in [-0.39, 0.29) is 25.3 Å². The Bertz CT molecular complexity index is 871. The molecule has 0 spiro atoms. The van der Waals surface area contributed by atoms with Gasteiger partial charge in [0, 0.05) is 18.2 Å². The summed E-state index contributed by atoms with van der Waals surface area (Å²) in [5.41, 5.74) is 14.3. The van der Waals surface area contributed by atoms with E-state index in [1.54, 1.807) is 24.3 Å². The molecule has 2 rings (SSSR count). The number of hydrogen-bond acceptors (Lipinski definition) is 5. The molecule has 2 amide bonds. The van der Waals surface area contributed by atoms with Gasteiger partial charge in [0.15, 0.2) is 5.96 Å². The first-order valence-electron chi connectivity index (χ1n) is 7.87. The van der Waals surface area contributed by atoms with Gasteiger partial charge >= 0.3 is 5.97 Å². The number of guanidine groups is 1. The van der Waals surface area contributed by atoms with Gasteiger partial charge in [-0.25, -0.2) is 10.4 Å². The topological polar surface area (TPSA) is 178 Å². The molecule has 0 aliphatic rings. The number of amides is 2. The van der Waals surface area contributed by atoms with E-state index in [1.807, 2.05) is 0 Å². The van der Waals surface area contributed by atoms with E-state index in [2.05, 4.69) is 20.8 Å². The number of aliphatic imine (C=N–C) groups is 1. The minimum absolute atomic E-state index is 0.0556. The lowest BCUT2D eigenvalue weighted by Crippen LogP contribution is -2.36. The van der Waals surface area contributed by atoms with E-state index >= 15 is 0 Å². The zero-order valence-electron chi connectivity index (χ0n) is 14.3. The Kier molecular flexibility index (Phi) is 6.47. The highest BCUT2D eigenvalue weighted by Gasteiger charge is 2.10. The van der Waals surface area contributed by atoms with Crippen molar-refractivity contribution in [1.29, 1.82) is 0 Å². The second-order valence-electron chi connectivity index (χ2n) is 5.45. The number of nitrogens with two attached hydrogens (primary N) is 2. The molecular weight excluding hydrogens is 354 g/mol. The second kappa shape index (κ2) is 8.99. The molecule has 0 aliphatic heterocycles. The van der Waals surface area contributed by atoms with E-state index in [0.717, 1.165) is 4.79 Å². The van der Waals surface area contributed by atoms with E-state index in [1.165, 1.54) is 12.3 Å². The summed E-state index contributed by atoms with van der Waals surface area (Å²) in [5, 5.41) is 15.1. The molecule has 0 unspecified atom stereocenters. The lowest BCUT2D eigenvalue weighted by molar-refractivity contribution is -0.137. The summed E-state index contributed by atoms with van der Waals surface area (Å²) in [7, 11) is 0. The minimum Gasteiger partial charge on any atom is -0.481 e. The van der Waals surface area contributed by atoms with E-state index < -0.39 is 17.8 Å². The molecule has 0 aliphatic carbocycles. The molecule has 0 radical (unpaired) electrons. The van der Waals surface area contributed by atoms with Crippen LogP contribution in [-0.4, -0.2) is 45.3 Å². The summed E-state index contributed by atoms with van der Waals surface area (Å²) in [4.78, 5) is 39.5. The van der Waals surface area contributed by atoms with Gasteiger partial charge in [-0.15, -0.1) is 0 Å². The van der Waals surface area contributed by atoms with Gasteiger partial charge in [-0.05, 0) is 24.3 Å². The van der Waals surface area contributed by atoms with Gasteiger partial charge in [-0.3, -0.25) is 14.4 Å². The molecule has 0 bridgehead atoms. The van der Waals surface area contributed by atoms with Crippen molar-refractivity contribution in [2.24, 2.45) is 16.5 Å². The Morgan fingerprint density at radius 3 is 2.70 bits per heavy atom. The van der Waals surface area contributed by atoms with Crippen LogP contribution in [0.4, 0.5) is 5.69 Å². The first-order valence-corrected chi connectivity index (χ1v) is 7.87. The van der Waals surface area contributed by atoms with Crippen molar-refractivity contribution in [3.8, 4) is 0 Å². The monoisotopic (exact) mass is 373 g/mol. The summed E-state index contributed by atoms with van der Waals surface area (Å²) in [6.45, 7) is -0.282. The van der Waals surface area contributed by atoms with Crippen molar-refractivity contribution in [2.75, 3.05) is 12.0 Å². The maximum absolute atomic E-state index is 12.1. The average molecular weight is 373 g/mol. The van der Waals surface area contributed by atoms with Crippen molar-refractivity contribution >= 4 is 29.4 Å². The van der Waals surface area contributed by atoms with E-state index in [4.69, 9.17) is 16.6 Å². The first kappa shape index (κ1) is 19.4. The van der Waals surface area contributed by atoms with Crippen LogP contribution in [0.25, 0.3) is 0 Å². The third-order valence-corrected chi connectivity index (χ3v) is 3.25. The van der Waals surface area contributed by atoms with Crippen LogP contribution in [0.3, 0.4) is 0 Å². The Balaban J connectivity index is 1.85. The lowest BCUT2D eigenvalue weighted by atomic mass is 10.2. The Labute approximate surface area is 154 Å². The number of nitrogens with one attached hydrogen (secondary N) is 2. The molecule has 0 fully saturated rings. The van der Waals surface area contributed by atoms with Crippen LogP contribution < -0.4 is 22.2 Å². The van der Waals surface area contributed by atoms with Gasteiger partial charge in [0.2, 0.25) is 0 Å². The normalized spacial score (nSPS) is 10.1. The number of carboxylic acids is 1. The number of nitrogens with zero attached hydrogens (tertiary/aromatic N) is 3. The molecule has 0 saturated carbocycles. The Morgan fingerprint density at radius 1 is 1.22 bits per heavy atom. The van der Waals surface area contributed by atoms with Crippen molar-refractivity contribution in [1.82, 2.24) is 15.2 Å². The highest BCUT2D eigenvalue weighted by molar-refractivity contribution is 5.98. The van der Waals surface area contributed by atoms with Crippen LogP contribution in [0.15, 0.2) is 41.5 Å². The summed E-state index contributed by atoms with van der Waals surface area (Å²) in [6, 6.07) is 7.87. The predicted molar refractivity (Wildman–Crippen MR) is 96.8 cm³/mol. The Morgan fingerprint density at radius 2 is 2.00 bits per heavy atom. The first-order chi connectivity index (χ1) is 12.8. The molecule has 0 atom stereocenters. The highest BCUT2D eigenvalue weighted by atomic mass is 16.4. The van der Waals surface area contributed by atoms with Crippen LogP contribution in [0.2, 0.25) is 0 Å². The standard InChI is InChI=1S/C16H19N7O4/c17-16(18)20-12-3-1-2-10(8-12)15(27)19-9-13(24)22-23-7-6-11(21-23)4-5-14(25)26/h1-3,6-8H,4-5,9H2,(H,19,27)(H,22,24)(H,25,26)(H4,17,18,20). The van der Waals surface area contributed by atoms with Gasteiger partial charge in [0.1, 0.15) is 0 Å².